The molecule has 1 aromatic carbocycles. The topological polar surface area (TPSA) is 53.6 Å². The van der Waals surface area contributed by atoms with Crippen LogP contribution >= 0.6 is 0 Å². The Labute approximate surface area is 140 Å². The summed E-state index contributed by atoms with van der Waals surface area (Å²) in [5.41, 5.74) is 4.25. The smallest absolute Gasteiger partial charge is 0.132 e. The van der Waals surface area contributed by atoms with Crippen LogP contribution in [0.2, 0.25) is 0 Å². The number of hydrogen-bond acceptors (Lipinski definition) is 3. The second kappa shape index (κ2) is 5.98. The molecule has 0 amide bonds. The molecular formula is C19H21FN4. The maximum atomic E-state index is 13.2. The minimum atomic E-state index is -0.198. The van der Waals surface area contributed by atoms with E-state index in [1.165, 1.54) is 12.1 Å². The van der Waals surface area contributed by atoms with Gasteiger partial charge in [0.05, 0.1) is 17.2 Å². The number of nitrogens with zero attached hydrogens (tertiary/aromatic N) is 2. The maximum absolute atomic E-state index is 13.2. The number of aromatic nitrogens is 3. The van der Waals surface area contributed by atoms with Gasteiger partial charge in [0.2, 0.25) is 0 Å². The normalized spacial score (nSPS) is 24.4. The van der Waals surface area contributed by atoms with Crippen LogP contribution in [0, 0.1) is 12.7 Å². The highest BCUT2D eigenvalue weighted by molar-refractivity contribution is 5.77. The van der Waals surface area contributed by atoms with Crippen molar-refractivity contribution >= 4 is 11.0 Å². The Balaban J connectivity index is 1.63. The van der Waals surface area contributed by atoms with Crippen molar-refractivity contribution in [3.8, 4) is 0 Å². The van der Waals surface area contributed by atoms with Crippen LogP contribution in [-0.2, 0) is 0 Å². The first-order valence-electron chi connectivity index (χ1n) is 8.42. The van der Waals surface area contributed by atoms with E-state index in [2.05, 4.69) is 29.1 Å². The minimum absolute atomic E-state index is 0.198. The van der Waals surface area contributed by atoms with Crippen molar-refractivity contribution < 1.29 is 4.39 Å². The summed E-state index contributed by atoms with van der Waals surface area (Å²) >= 11 is 0. The Morgan fingerprint density at radius 1 is 1.17 bits per heavy atom. The van der Waals surface area contributed by atoms with E-state index in [0.29, 0.717) is 12.0 Å². The van der Waals surface area contributed by atoms with Crippen LogP contribution < -0.4 is 5.32 Å². The molecule has 0 radical (unpaired) electrons. The molecule has 1 saturated heterocycles. The molecule has 0 aliphatic carbocycles. The third-order valence-corrected chi connectivity index (χ3v) is 4.91. The highest BCUT2D eigenvalue weighted by atomic mass is 19.1. The second-order valence-electron chi connectivity index (χ2n) is 6.80. The predicted octanol–water partition coefficient (Wildman–Crippen LogP) is 4.00. The zero-order valence-electron chi connectivity index (χ0n) is 13.9. The predicted molar refractivity (Wildman–Crippen MR) is 92.3 cm³/mol. The van der Waals surface area contributed by atoms with Gasteiger partial charge in [-0.25, -0.2) is 14.4 Å². The number of fused-ring (bicyclic) bond motifs is 1. The van der Waals surface area contributed by atoms with Crippen LogP contribution in [-0.4, -0.2) is 21.0 Å². The molecule has 3 atom stereocenters. The first-order chi connectivity index (χ1) is 11.6. The molecule has 1 aliphatic heterocycles. The number of hydrogen-bond donors (Lipinski definition) is 2. The molecule has 3 heterocycles. The first kappa shape index (κ1) is 15.3. The van der Waals surface area contributed by atoms with Crippen molar-refractivity contribution in [2.24, 2.45) is 0 Å². The van der Waals surface area contributed by atoms with Crippen molar-refractivity contribution in [1.82, 2.24) is 20.3 Å². The van der Waals surface area contributed by atoms with Gasteiger partial charge in [-0.05, 0) is 49.9 Å². The fourth-order valence-electron chi connectivity index (χ4n) is 3.68. The molecule has 0 spiro atoms. The van der Waals surface area contributed by atoms with Gasteiger partial charge >= 0.3 is 0 Å². The summed E-state index contributed by atoms with van der Waals surface area (Å²) in [7, 11) is 0. The van der Waals surface area contributed by atoms with E-state index >= 15 is 0 Å². The lowest BCUT2D eigenvalue weighted by atomic mass is 9.85. The van der Waals surface area contributed by atoms with Gasteiger partial charge in [-0.15, -0.1) is 0 Å². The van der Waals surface area contributed by atoms with Gasteiger partial charge < -0.3 is 10.3 Å². The standard InChI is InChI=1S/C19H21FN4/c1-11-9-21-17-10-22-19(24-18(11)17)14-7-12(2)23-16(8-14)13-3-5-15(20)6-4-13/h3-6,9-10,12,14,16,21,23H,7-8H2,1-2H3. The van der Waals surface area contributed by atoms with Gasteiger partial charge in [-0.3, -0.25) is 0 Å². The van der Waals surface area contributed by atoms with Crippen molar-refractivity contribution in [2.75, 3.05) is 0 Å². The summed E-state index contributed by atoms with van der Waals surface area (Å²) in [5, 5.41) is 3.61. The Kier molecular flexibility index (Phi) is 3.81. The Morgan fingerprint density at radius 3 is 2.75 bits per heavy atom. The third-order valence-electron chi connectivity index (χ3n) is 4.91. The van der Waals surface area contributed by atoms with Crippen LogP contribution in [0.25, 0.3) is 11.0 Å². The van der Waals surface area contributed by atoms with E-state index in [-0.39, 0.29) is 11.9 Å². The van der Waals surface area contributed by atoms with Crippen molar-refractivity contribution in [3.63, 3.8) is 0 Å². The summed E-state index contributed by atoms with van der Waals surface area (Å²) in [6, 6.07) is 7.34. The molecule has 1 aliphatic rings. The second-order valence-corrected chi connectivity index (χ2v) is 6.80. The van der Waals surface area contributed by atoms with Gasteiger partial charge in [0.25, 0.3) is 0 Å². The summed E-state index contributed by atoms with van der Waals surface area (Å²) in [4.78, 5) is 12.6. The molecule has 5 heteroatoms. The van der Waals surface area contributed by atoms with Crippen LogP contribution in [0.4, 0.5) is 4.39 Å². The maximum Gasteiger partial charge on any atom is 0.132 e. The molecule has 3 unspecified atom stereocenters. The van der Waals surface area contributed by atoms with Crippen molar-refractivity contribution in [1.29, 1.82) is 0 Å². The van der Waals surface area contributed by atoms with Crippen molar-refractivity contribution in [2.45, 2.75) is 44.7 Å². The van der Waals surface area contributed by atoms with E-state index in [1.54, 1.807) is 0 Å². The molecule has 3 aromatic rings. The van der Waals surface area contributed by atoms with Gasteiger partial charge in [-0.2, -0.15) is 0 Å². The Hall–Kier alpha value is -2.27. The summed E-state index contributed by atoms with van der Waals surface area (Å²) in [5.74, 6) is 1.01. The third kappa shape index (κ3) is 2.80. The van der Waals surface area contributed by atoms with E-state index in [1.807, 2.05) is 24.5 Å². The average Bonchev–Trinajstić information content (AvgIpc) is 2.96. The van der Waals surface area contributed by atoms with Gasteiger partial charge in [0, 0.05) is 24.2 Å². The number of nitrogens with one attached hydrogen (secondary N) is 2. The van der Waals surface area contributed by atoms with E-state index < -0.39 is 0 Å². The average molecular weight is 324 g/mol. The Morgan fingerprint density at radius 2 is 1.96 bits per heavy atom. The van der Waals surface area contributed by atoms with Crippen LogP contribution in [0.3, 0.4) is 0 Å². The number of aryl methyl sites for hydroxylation is 1. The van der Waals surface area contributed by atoms with E-state index in [4.69, 9.17) is 4.98 Å². The molecule has 2 N–H and O–H groups in total. The Bertz CT molecular complexity index is 855. The molecule has 1 fully saturated rings. The number of halogens is 1. The number of rotatable bonds is 2. The largest absolute Gasteiger partial charge is 0.358 e. The molecule has 0 bridgehead atoms. The number of aromatic amines is 1. The highest BCUT2D eigenvalue weighted by Crippen LogP contribution is 2.35. The molecule has 24 heavy (non-hydrogen) atoms. The number of piperidine rings is 1. The lowest BCUT2D eigenvalue weighted by molar-refractivity contribution is 0.300. The quantitative estimate of drug-likeness (QED) is 0.749. The molecule has 4 nitrogen and oxygen atoms in total. The summed E-state index contributed by atoms with van der Waals surface area (Å²) in [6.45, 7) is 4.24. The van der Waals surface area contributed by atoms with Gasteiger partial charge in [0.15, 0.2) is 0 Å². The first-order valence-corrected chi connectivity index (χ1v) is 8.42. The summed E-state index contributed by atoms with van der Waals surface area (Å²) in [6.07, 6.45) is 5.78. The molecular weight excluding hydrogens is 303 g/mol. The molecule has 4 rings (SSSR count). The zero-order chi connectivity index (χ0) is 16.7. The van der Waals surface area contributed by atoms with Gasteiger partial charge in [-0.1, -0.05) is 12.1 Å². The zero-order valence-corrected chi connectivity index (χ0v) is 13.9. The molecule has 124 valence electrons. The van der Waals surface area contributed by atoms with E-state index in [0.717, 1.165) is 40.8 Å². The summed E-state index contributed by atoms with van der Waals surface area (Å²) < 4.78 is 13.2. The van der Waals surface area contributed by atoms with E-state index in [9.17, 15) is 4.39 Å². The fraction of sp³-hybridized carbons (Fsp3) is 0.368. The number of H-pyrrole nitrogens is 1. The van der Waals surface area contributed by atoms with Crippen LogP contribution in [0.5, 0.6) is 0 Å². The molecule has 2 aromatic heterocycles. The monoisotopic (exact) mass is 324 g/mol. The lowest BCUT2D eigenvalue weighted by Gasteiger charge is -2.34. The van der Waals surface area contributed by atoms with Crippen LogP contribution in [0.1, 0.15) is 48.7 Å². The minimum Gasteiger partial charge on any atom is -0.358 e. The van der Waals surface area contributed by atoms with Crippen molar-refractivity contribution in [3.05, 3.63) is 59.4 Å². The lowest BCUT2D eigenvalue weighted by Crippen LogP contribution is -2.38. The highest BCUT2D eigenvalue weighted by Gasteiger charge is 2.29. The number of benzene rings is 1. The fourth-order valence-corrected chi connectivity index (χ4v) is 3.68. The van der Waals surface area contributed by atoms with Gasteiger partial charge in [0.1, 0.15) is 11.6 Å². The molecule has 0 saturated carbocycles. The van der Waals surface area contributed by atoms with Crippen LogP contribution in [0.15, 0.2) is 36.7 Å². The SMILES string of the molecule is Cc1c[nH]c2cnc(C3CC(C)NC(c4ccc(F)cc4)C3)nc12.